The number of ether oxygens (including phenoxy) is 1. The summed E-state index contributed by atoms with van der Waals surface area (Å²) in [5, 5.41) is 2.46. The number of aromatic nitrogens is 1. The fourth-order valence-electron chi connectivity index (χ4n) is 1.94. The van der Waals surface area contributed by atoms with Crippen LogP contribution >= 0.6 is 0 Å². The van der Waals surface area contributed by atoms with E-state index in [0.29, 0.717) is 6.54 Å². The lowest BCUT2D eigenvalue weighted by Gasteiger charge is -2.09. The summed E-state index contributed by atoms with van der Waals surface area (Å²) in [6, 6.07) is 10.7. The Bertz CT molecular complexity index is 677. The summed E-state index contributed by atoms with van der Waals surface area (Å²) in [4.78, 5) is 23.8. The van der Waals surface area contributed by atoms with Crippen LogP contribution in [-0.2, 0) is 6.54 Å². The summed E-state index contributed by atoms with van der Waals surface area (Å²) in [5.74, 6) is 0.355. The first-order valence-corrected chi connectivity index (χ1v) is 6.20. The lowest BCUT2D eigenvalue weighted by atomic mass is 10.2. The quantitative estimate of drug-likeness (QED) is 0.911. The largest absolute Gasteiger partial charge is 0.497 e. The molecule has 1 heterocycles. The molecular weight excluding hydrogens is 256 g/mol. The van der Waals surface area contributed by atoms with Crippen LogP contribution in [0, 0.1) is 0 Å². The molecule has 0 spiro atoms. The van der Waals surface area contributed by atoms with Gasteiger partial charge in [-0.05, 0) is 29.8 Å². The van der Waals surface area contributed by atoms with E-state index in [0.717, 1.165) is 11.3 Å². The smallest absolute Gasteiger partial charge is 0.263 e. The molecule has 0 atom stereocenters. The average molecular weight is 272 g/mol. The first-order chi connectivity index (χ1) is 9.65. The molecule has 20 heavy (non-hydrogen) atoms. The lowest BCUT2D eigenvalue weighted by molar-refractivity contribution is 0.0961. The molecule has 1 aromatic heterocycles. The van der Waals surface area contributed by atoms with Gasteiger partial charge in [0.1, 0.15) is 11.3 Å². The number of amides is 1. The molecule has 5 nitrogen and oxygen atoms in total. The first kappa shape index (κ1) is 13.9. The molecule has 1 amide bonds. The van der Waals surface area contributed by atoms with Gasteiger partial charge in [0.2, 0.25) is 0 Å². The standard InChI is InChI=1S/C15H16N2O3/c1-16-14(18)13-7-4-8-17(15(13)19)10-11-5-3-6-12(9-11)20-2/h3-9H,10H2,1-2H3,(H,16,18). The van der Waals surface area contributed by atoms with Crippen LogP contribution in [0.2, 0.25) is 0 Å². The maximum atomic E-state index is 12.2. The zero-order valence-electron chi connectivity index (χ0n) is 11.4. The highest BCUT2D eigenvalue weighted by molar-refractivity contribution is 5.93. The number of hydrogen-bond acceptors (Lipinski definition) is 3. The van der Waals surface area contributed by atoms with Gasteiger partial charge in [-0.25, -0.2) is 0 Å². The number of hydrogen-bond donors (Lipinski definition) is 1. The van der Waals surface area contributed by atoms with E-state index in [4.69, 9.17) is 4.74 Å². The highest BCUT2D eigenvalue weighted by Gasteiger charge is 2.10. The topological polar surface area (TPSA) is 60.3 Å². The molecule has 0 fully saturated rings. The summed E-state index contributed by atoms with van der Waals surface area (Å²) in [5.41, 5.74) is 0.757. The van der Waals surface area contributed by atoms with E-state index in [1.807, 2.05) is 24.3 Å². The van der Waals surface area contributed by atoms with Crippen molar-refractivity contribution in [1.82, 2.24) is 9.88 Å². The van der Waals surface area contributed by atoms with Gasteiger partial charge in [-0.3, -0.25) is 9.59 Å². The predicted molar refractivity (Wildman–Crippen MR) is 76.2 cm³/mol. The van der Waals surface area contributed by atoms with Crippen LogP contribution in [0.15, 0.2) is 47.4 Å². The van der Waals surface area contributed by atoms with Gasteiger partial charge in [-0.1, -0.05) is 12.1 Å². The summed E-state index contributed by atoms with van der Waals surface area (Å²) >= 11 is 0. The van der Waals surface area contributed by atoms with Crippen molar-refractivity contribution in [3.05, 3.63) is 64.1 Å². The number of nitrogens with one attached hydrogen (secondary N) is 1. The highest BCUT2D eigenvalue weighted by Crippen LogP contribution is 2.13. The first-order valence-electron chi connectivity index (χ1n) is 6.20. The average Bonchev–Trinajstić information content (AvgIpc) is 2.49. The molecule has 5 heteroatoms. The van der Waals surface area contributed by atoms with Gasteiger partial charge in [-0.15, -0.1) is 0 Å². The molecule has 1 N–H and O–H groups in total. The van der Waals surface area contributed by atoms with Gasteiger partial charge in [0.25, 0.3) is 11.5 Å². The summed E-state index contributed by atoms with van der Waals surface area (Å²) in [6.45, 7) is 0.390. The molecule has 0 saturated heterocycles. The maximum Gasteiger partial charge on any atom is 0.263 e. The number of pyridine rings is 1. The number of rotatable bonds is 4. The van der Waals surface area contributed by atoms with E-state index >= 15 is 0 Å². The fraction of sp³-hybridized carbons (Fsp3) is 0.200. The summed E-state index contributed by atoms with van der Waals surface area (Å²) in [6.07, 6.45) is 1.66. The van der Waals surface area contributed by atoms with Crippen molar-refractivity contribution in [3.8, 4) is 5.75 Å². The van der Waals surface area contributed by atoms with Gasteiger partial charge in [0.15, 0.2) is 0 Å². The van der Waals surface area contributed by atoms with Crippen molar-refractivity contribution in [2.24, 2.45) is 0 Å². The number of nitrogens with zero attached hydrogens (tertiary/aromatic N) is 1. The van der Waals surface area contributed by atoms with Crippen LogP contribution < -0.4 is 15.6 Å². The molecule has 0 aliphatic carbocycles. The highest BCUT2D eigenvalue weighted by atomic mass is 16.5. The molecular formula is C15H16N2O3. The van der Waals surface area contributed by atoms with Crippen LogP contribution in [0.4, 0.5) is 0 Å². The van der Waals surface area contributed by atoms with Crippen molar-refractivity contribution < 1.29 is 9.53 Å². The van der Waals surface area contributed by atoms with Crippen LogP contribution in [0.25, 0.3) is 0 Å². The SMILES string of the molecule is CNC(=O)c1cccn(Cc2cccc(OC)c2)c1=O. The Hall–Kier alpha value is -2.56. The van der Waals surface area contributed by atoms with Crippen molar-refractivity contribution in [3.63, 3.8) is 0 Å². The Morgan fingerprint density at radius 3 is 2.80 bits per heavy atom. The van der Waals surface area contributed by atoms with Crippen LogP contribution in [-0.4, -0.2) is 24.6 Å². The third-order valence-corrected chi connectivity index (χ3v) is 2.98. The van der Waals surface area contributed by atoms with Crippen LogP contribution in [0.5, 0.6) is 5.75 Å². The minimum Gasteiger partial charge on any atom is -0.497 e. The van der Waals surface area contributed by atoms with Gasteiger partial charge in [0, 0.05) is 13.2 Å². The molecule has 0 aliphatic rings. The fourth-order valence-corrected chi connectivity index (χ4v) is 1.94. The zero-order valence-corrected chi connectivity index (χ0v) is 11.4. The normalized spacial score (nSPS) is 10.1. The van der Waals surface area contributed by atoms with E-state index in [-0.39, 0.29) is 17.0 Å². The molecule has 2 rings (SSSR count). The molecule has 104 valence electrons. The van der Waals surface area contributed by atoms with E-state index in [9.17, 15) is 9.59 Å². The number of methoxy groups -OCH3 is 1. The molecule has 0 bridgehead atoms. The Morgan fingerprint density at radius 2 is 2.10 bits per heavy atom. The summed E-state index contributed by atoms with van der Waals surface area (Å²) < 4.78 is 6.65. The number of carbonyl (C=O) groups excluding carboxylic acids is 1. The summed E-state index contributed by atoms with van der Waals surface area (Å²) in [7, 11) is 3.10. The molecule has 0 unspecified atom stereocenters. The predicted octanol–water partition coefficient (Wildman–Crippen LogP) is 1.26. The molecule has 0 saturated carbocycles. The van der Waals surface area contributed by atoms with E-state index in [1.54, 1.807) is 19.4 Å². The number of carbonyl (C=O) groups is 1. The van der Waals surface area contributed by atoms with Gasteiger partial charge in [-0.2, -0.15) is 0 Å². The van der Waals surface area contributed by atoms with Crippen molar-refractivity contribution >= 4 is 5.91 Å². The lowest BCUT2D eigenvalue weighted by Crippen LogP contribution is -2.31. The monoisotopic (exact) mass is 272 g/mol. The molecule has 2 aromatic rings. The molecule has 0 radical (unpaired) electrons. The Kier molecular flexibility index (Phi) is 4.20. The Labute approximate surface area is 116 Å². The van der Waals surface area contributed by atoms with Gasteiger partial charge in [0.05, 0.1) is 13.7 Å². The Morgan fingerprint density at radius 1 is 1.30 bits per heavy atom. The maximum absolute atomic E-state index is 12.2. The van der Waals surface area contributed by atoms with Gasteiger partial charge < -0.3 is 14.6 Å². The third-order valence-electron chi connectivity index (χ3n) is 2.98. The van der Waals surface area contributed by atoms with Crippen molar-refractivity contribution in [2.45, 2.75) is 6.54 Å². The van der Waals surface area contributed by atoms with Crippen molar-refractivity contribution in [1.29, 1.82) is 0 Å². The van der Waals surface area contributed by atoms with Crippen LogP contribution in [0.3, 0.4) is 0 Å². The van der Waals surface area contributed by atoms with E-state index in [2.05, 4.69) is 5.32 Å². The minimum atomic E-state index is -0.380. The van der Waals surface area contributed by atoms with Crippen LogP contribution in [0.1, 0.15) is 15.9 Å². The van der Waals surface area contributed by atoms with E-state index in [1.165, 1.54) is 17.7 Å². The second-order valence-electron chi connectivity index (χ2n) is 4.29. The third kappa shape index (κ3) is 2.88. The molecule has 0 aliphatic heterocycles. The second kappa shape index (κ2) is 6.06. The zero-order chi connectivity index (χ0) is 14.5. The Balaban J connectivity index is 2.34. The van der Waals surface area contributed by atoms with Crippen molar-refractivity contribution in [2.75, 3.05) is 14.2 Å². The number of benzene rings is 1. The van der Waals surface area contributed by atoms with Gasteiger partial charge >= 0.3 is 0 Å². The second-order valence-corrected chi connectivity index (χ2v) is 4.29. The van der Waals surface area contributed by atoms with E-state index < -0.39 is 0 Å². The molecule has 1 aromatic carbocycles. The minimum absolute atomic E-state index is 0.137.